The minimum Gasteiger partial charge on any atom is -0.255 e. The normalized spacial score (nSPS) is 13.2. The maximum Gasteiger partial charge on any atom is 0.0212 e. The van der Waals surface area contributed by atoms with Crippen molar-refractivity contribution in [3.63, 3.8) is 0 Å². The molecule has 1 atom stereocenters. The van der Waals surface area contributed by atoms with Crippen molar-refractivity contribution in [2.45, 2.75) is 77.7 Å². The van der Waals surface area contributed by atoms with Gasteiger partial charge >= 0.3 is 0 Å². The fourth-order valence-corrected chi connectivity index (χ4v) is 1.66. The average Bonchev–Trinajstić information content (AvgIpc) is 2.11. The summed E-state index contributed by atoms with van der Waals surface area (Å²) in [4.78, 5) is 0. The molecule has 0 bridgehead atoms. The lowest BCUT2D eigenvalue weighted by Crippen LogP contribution is -2.07. The van der Waals surface area contributed by atoms with Gasteiger partial charge in [-0.1, -0.05) is 58.8 Å². The van der Waals surface area contributed by atoms with Gasteiger partial charge in [-0.2, -0.15) is 0 Å². The molecule has 0 spiro atoms. The third-order valence-electron chi connectivity index (χ3n) is 2.54. The summed E-state index contributed by atoms with van der Waals surface area (Å²) in [5.74, 6) is 0. The van der Waals surface area contributed by atoms with Crippen molar-refractivity contribution in [2.24, 2.45) is 0 Å². The molecule has 0 aromatic carbocycles. The molecule has 1 heteroatoms. The number of hydrogen-bond donors (Lipinski definition) is 0. The number of nitrogens with one attached hydrogen (secondary N) is 1. The maximum absolute atomic E-state index is 7.69. The van der Waals surface area contributed by atoms with E-state index in [1.807, 2.05) is 0 Å². The lowest BCUT2D eigenvalue weighted by atomic mass is 10.0. The van der Waals surface area contributed by atoms with E-state index >= 15 is 0 Å². The van der Waals surface area contributed by atoms with Crippen LogP contribution in [0, 0.1) is 0 Å². The van der Waals surface area contributed by atoms with E-state index in [0.717, 1.165) is 12.8 Å². The summed E-state index contributed by atoms with van der Waals surface area (Å²) in [6, 6.07) is 0.219. The second-order valence-corrected chi connectivity index (χ2v) is 4.04. The van der Waals surface area contributed by atoms with Gasteiger partial charge in [0.15, 0.2) is 0 Å². The number of hydrogen-bond acceptors (Lipinski definition) is 0. The van der Waals surface area contributed by atoms with E-state index in [9.17, 15) is 0 Å². The number of rotatable bonds is 9. The second-order valence-electron chi connectivity index (χ2n) is 4.04. The smallest absolute Gasteiger partial charge is 0.0212 e. The van der Waals surface area contributed by atoms with Crippen LogP contribution in [0.15, 0.2) is 0 Å². The second kappa shape index (κ2) is 10.0. The van der Waals surface area contributed by atoms with E-state index in [1.165, 1.54) is 44.9 Å². The Balaban J connectivity index is 2.97. The molecule has 79 valence electrons. The van der Waals surface area contributed by atoms with Crippen LogP contribution in [-0.4, -0.2) is 6.04 Å². The van der Waals surface area contributed by atoms with E-state index in [0.29, 0.717) is 0 Å². The van der Waals surface area contributed by atoms with Crippen molar-refractivity contribution in [3.8, 4) is 0 Å². The van der Waals surface area contributed by atoms with Gasteiger partial charge in [-0.15, -0.1) is 0 Å². The first kappa shape index (κ1) is 13.0. The molecule has 0 amide bonds. The Bertz CT molecular complexity index is 91.1. The molecule has 0 aliphatic rings. The summed E-state index contributed by atoms with van der Waals surface area (Å²) < 4.78 is 0. The zero-order valence-electron chi connectivity index (χ0n) is 9.44. The topological polar surface area (TPSA) is 23.8 Å². The minimum atomic E-state index is 0.219. The van der Waals surface area contributed by atoms with E-state index in [2.05, 4.69) is 13.8 Å². The van der Waals surface area contributed by atoms with Crippen LogP contribution in [0.25, 0.3) is 0 Å². The van der Waals surface area contributed by atoms with Crippen molar-refractivity contribution in [1.29, 1.82) is 0 Å². The lowest BCUT2D eigenvalue weighted by molar-refractivity contribution is 0.499. The highest BCUT2D eigenvalue weighted by molar-refractivity contribution is 4.59. The van der Waals surface area contributed by atoms with Gasteiger partial charge in [0.2, 0.25) is 0 Å². The Morgan fingerprint density at radius 1 is 0.769 bits per heavy atom. The summed E-state index contributed by atoms with van der Waals surface area (Å²) >= 11 is 0. The van der Waals surface area contributed by atoms with Gasteiger partial charge in [-0.3, -0.25) is 5.73 Å². The van der Waals surface area contributed by atoms with E-state index in [-0.39, 0.29) is 6.04 Å². The molecular weight excluding hydrogens is 158 g/mol. The highest BCUT2D eigenvalue weighted by Crippen LogP contribution is 2.10. The summed E-state index contributed by atoms with van der Waals surface area (Å²) in [7, 11) is 0. The number of unbranched alkanes of at least 4 members (excludes halogenated alkanes) is 5. The van der Waals surface area contributed by atoms with Gasteiger partial charge in [-0.25, -0.2) is 0 Å². The van der Waals surface area contributed by atoms with Crippen LogP contribution >= 0.6 is 0 Å². The Kier molecular flexibility index (Phi) is 10.0. The van der Waals surface area contributed by atoms with Gasteiger partial charge in [0.1, 0.15) is 0 Å². The zero-order valence-corrected chi connectivity index (χ0v) is 9.44. The first-order chi connectivity index (χ1) is 6.31. The van der Waals surface area contributed by atoms with Crippen molar-refractivity contribution in [2.75, 3.05) is 0 Å². The molecule has 1 nitrogen and oxygen atoms in total. The summed E-state index contributed by atoms with van der Waals surface area (Å²) in [5, 5.41) is 0. The molecule has 1 unspecified atom stereocenters. The van der Waals surface area contributed by atoms with E-state index < -0.39 is 0 Å². The SMILES string of the molecule is CCCCCCCCC([NH])CCC. The maximum atomic E-state index is 7.69. The van der Waals surface area contributed by atoms with Gasteiger partial charge in [0.05, 0.1) is 0 Å². The lowest BCUT2D eigenvalue weighted by Gasteiger charge is -2.08. The summed E-state index contributed by atoms with van der Waals surface area (Å²) in [5.41, 5.74) is 7.69. The Labute approximate surface area is 84.1 Å². The quantitative estimate of drug-likeness (QED) is 0.480. The van der Waals surface area contributed by atoms with E-state index in [4.69, 9.17) is 5.73 Å². The molecule has 1 N–H and O–H groups in total. The van der Waals surface area contributed by atoms with Gasteiger partial charge in [-0.05, 0) is 12.8 Å². The highest BCUT2D eigenvalue weighted by atomic mass is 14.6. The fraction of sp³-hybridized carbons (Fsp3) is 1.00. The Morgan fingerprint density at radius 3 is 2.00 bits per heavy atom. The fourth-order valence-electron chi connectivity index (χ4n) is 1.66. The van der Waals surface area contributed by atoms with Crippen LogP contribution in [0.2, 0.25) is 0 Å². The van der Waals surface area contributed by atoms with Crippen molar-refractivity contribution in [3.05, 3.63) is 0 Å². The van der Waals surface area contributed by atoms with Crippen LogP contribution < -0.4 is 5.73 Å². The Morgan fingerprint density at radius 2 is 1.38 bits per heavy atom. The molecule has 0 saturated carbocycles. The predicted molar refractivity (Wildman–Crippen MR) is 59.8 cm³/mol. The first-order valence-electron chi connectivity index (χ1n) is 6.02. The van der Waals surface area contributed by atoms with Gasteiger partial charge in [0, 0.05) is 6.04 Å². The predicted octanol–water partition coefficient (Wildman–Crippen LogP) is 4.19. The molecule has 0 fully saturated rings. The Hall–Kier alpha value is -0.0400. The van der Waals surface area contributed by atoms with Gasteiger partial charge in [0.25, 0.3) is 0 Å². The van der Waals surface area contributed by atoms with Crippen LogP contribution in [0.1, 0.15) is 71.6 Å². The third-order valence-corrected chi connectivity index (χ3v) is 2.54. The molecule has 0 saturated heterocycles. The van der Waals surface area contributed by atoms with Crippen LogP contribution in [0.5, 0.6) is 0 Å². The summed E-state index contributed by atoms with van der Waals surface area (Å²) in [6.07, 6.45) is 11.5. The van der Waals surface area contributed by atoms with E-state index in [1.54, 1.807) is 0 Å². The molecule has 0 rings (SSSR count). The molecular formula is C12H26N. The van der Waals surface area contributed by atoms with Crippen LogP contribution in [0.3, 0.4) is 0 Å². The molecule has 0 aliphatic carbocycles. The molecule has 0 aliphatic heterocycles. The average molecular weight is 184 g/mol. The van der Waals surface area contributed by atoms with Gasteiger partial charge < -0.3 is 0 Å². The first-order valence-corrected chi connectivity index (χ1v) is 6.02. The third kappa shape index (κ3) is 9.88. The zero-order chi connectivity index (χ0) is 9.94. The minimum absolute atomic E-state index is 0.219. The monoisotopic (exact) mass is 184 g/mol. The van der Waals surface area contributed by atoms with Crippen LogP contribution in [-0.2, 0) is 0 Å². The molecule has 1 radical (unpaired) electrons. The highest BCUT2D eigenvalue weighted by Gasteiger charge is 2.00. The van der Waals surface area contributed by atoms with Crippen molar-refractivity contribution in [1.82, 2.24) is 5.73 Å². The van der Waals surface area contributed by atoms with Crippen LogP contribution in [0.4, 0.5) is 0 Å². The molecule has 0 heterocycles. The largest absolute Gasteiger partial charge is 0.255 e. The molecule has 0 aromatic rings. The standard InChI is InChI=1S/C12H26N/c1-3-5-6-7-8-9-11-12(13)10-4-2/h12-13H,3-11H2,1-2H3. The molecule has 0 aromatic heterocycles. The van der Waals surface area contributed by atoms with Crippen molar-refractivity contribution < 1.29 is 0 Å². The molecule has 13 heavy (non-hydrogen) atoms. The summed E-state index contributed by atoms with van der Waals surface area (Å²) in [6.45, 7) is 4.42. The van der Waals surface area contributed by atoms with Crippen molar-refractivity contribution >= 4 is 0 Å².